The van der Waals surface area contributed by atoms with Gasteiger partial charge in [-0.2, -0.15) is 0 Å². The second-order valence-electron chi connectivity index (χ2n) is 12.3. The molecule has 37 heavy (non-hydrogen) atoms. The lowest BCUT2D eigenvalue weighted by molar-refractivity contribution is -0.179. The third kappa shape index (κ3) is 4.99. The van der Waals surface area contributed by atoms with E-state index in [0.717, 1.165) is 5.56 Å². The van der Waals surface area contributed by atoms with E-state index in [4.69, 9.17) is 4.74 Å². The number of hydrogen-bond donors (Lipinski definition) is 1. The molecule has 0 spiro atoms. The molecule has 1 unspecified atom stereocenters. The van der Waals surface area contributed by atoms with Crippen molar-refractivity contribution in [1.82, 2.24) is 15.1 Å². The number of hydrogen-bond acceptors (Lipinski definition) is 5. The number of benzene rings is 1. The molecule has 3 heterocycles. The topological polar surface area (TPSA) is 96.0 Å². The molecule has 5 atom stereocenters. The van der Waals surface area contributed by atoms with E-state index in [0.29, 0.717) is 32.4 Å². The van der Waals surface area contributed by atoms with Crippen LogP contribution in [0.4, 0.5) is 0 Å². The van der Waals surface area contributed by atoms with Crippen molar-refractivity contribution in [3.63, 3.8) is 0 Å². The van der Waals surface area contributed by atoms with Crippen molar-refractivity contribution < 1.29 is 23.9 Å². The Kier molecular flexibility index (Phi) is 7.41. The minimum atomic E-state index is -1.15. The maximum atomic E-state index is 14.1. The Morgan fingerprint density at radius 3 is 2.46 bits per heavy atom. The van der Waals surface area contributed by atoms with Crippen LogP contribution in [0.15, 0.2) is 30.3 Å². The average molecular weight is 512 g/mol. The molecule has 8 heteroatoms. The minimum absolute atomic E-state index is 0.00778. The molecule has 3 amide bonds. The molecule has 4 fully saturated rings. The molecule has 0 aromatic heterocycles. The first-order valence-corrected chi connectivity index (χ1v) is 13.5. The number of ether oxygens (including phenoxy) is 1. The molecule has 0 radical (unpaired) electrons. The van der Waals surface area contributed by atoms with Gasteiger partial charge in [0.25, 0.3) is 0 Å². The van der Waals surface area contributed by atoms with Crippen LogP contribution in [0.2, 0.25) is 0 Å². The highest BCUT2D eigenvalue weighted by atomic mass is 16.6. The molecule has 3 saturated heterocycles. The van der Waals surface area contributed by atoms with Crippen molar-refractivity contribution in [2.75, 3.05) is 13.6 Å². The number of likely N-dealkylation sites (tertiary alicyclic amines) is 1. The molecule has 3 aliphatic heterocycles. The van der Waals surface area contributed by atoms with Gasteiger partial charge in [-0.3, -0.25) is 19.2 Å². The van der Waals surface area contributed by atoms with E-state index >= 15 is 0 Å². The van der Waals surface area contributed by atoms with Crippen molar-refractivity contribution in [2.24, 2.45) is 23.7 Å². The molecule has 202 valence electrons. The lowest BCUT2D eigenvalue weighted by atomic mass is 9.57. The van der Waals surface area contributed by atoms with Gasteiger partial charge in [0, 0.05) is 44.8 Å². The number of esters is 1. The van der Waals surface area contributed by atoms with E-state index in [1.165, 1.54) is 0 Å². The number of nitrogens with one attached hydrogen (secondary N) is 1. The van der Waals surface area contributed by atoms with Crippen LogP contribution < -0.4 is 5.32 Å². The van der Waals surface area contributed by atoms with Crippen molar-refractivity contribution in [3.8, 4) is 0 Å². The Balaban J connectivity index is 1.67. The zero-order chi connectivity index (χ0) is 27.1. The van der Waals surface area contributed by atoms with Crippen LogP contribution in [-0.4, -0.2) is 64.3 Å². The highest BCUT2D eigenvalue weighted by molar-refractivity contribution is 5.98. The monoisotopic (exact) mass is 511 g/mol. The van der Waals surface area contributed by atoms with Gasteiger partial charge in [-0.05, 0) is 51.0 Å². The number of likely N-dealkylation sites (N-methyl/N-ethyl adjacent to an activating group) is 1. The molecule has 1 aromatic carbocycles. The number of fused-ring (bicyclic) bond motifs is 1. The van der Waals surface area contributed by atoms with E-state index in [-0.39, 0.29) is 53.8 Å². The lowest BCUT2D eigenvalue weighted by Crippen LogP contribution is -2.77. The molecule has 4 aliphatic rings. The van der Waals surface area contributed by atoms with Crippen LogP contribution in [0.5, 0.6) is 0 Å². The van der Waals surface area contributed by atoms with E-state index in [2.05, 4.69) is 5.32 Å². The molecule has 1 N–H and O–H groups in total. The van der Waals surface area contributed by atoms with Crippen LogP contribution in [0, 0.1) is 23.7 Å². The zero-order valence-electron chi connectivity index (χ0n) is 23.0. The number of nitrogens with zero attached hydrogens (tertiary/aromatic N) is 2. The Morgan fingerprint density at radius 2 is 1.84 bits per heavy atom. The highest BCUT2D eigenvalue weighted by Gasteiger charge is 2.73. The Bertz CT molecular complexity index is 1050. The lowest BCUT2D eigenvalue weighted by Gasteiger charge is -2.59. The maximum Gasteiger partial charge on any atom is 0.306 e. The number of amides is 3. The summed E-state index contributed by atoms with van der Waals surface area (Å²) in [5.41, 5.74) is -0.784. The van der Waals surface area contributed by atoms with Gasteiger partial charge in [0.2, 0.25) is 17.7 Å². The zero-order valence-corrected chi connectivity index (χ0v) is 23.0. The molecular formula is C29H41N3O5. The molecule has 1 saturated carbocycles. The molecule has 8 nitrogen and oxygen atoms in total. The number of piperidine rings is 2. The second kappa shape index (κ2) is 10.1. The molecule has 5 rings (SSSR count). The van der Waals surface area contributed by atoms with Gasteiger partial charge in [0.1, 0.15) is 11.1 Å². The Hall–Kier alpha value is -2.90. The first-order chi connectivity index (χ1) is 17.4. The summed E-state index contributed by atoms with van der Waals surface area (Å²) >= 11 is 0. The summed E-state index contributed by atoms with van der Waals surface area (Å²) in [5, 5.41) is 3.09. The maximum absolute atomic E-state index is 14.1. The van der Waals surface area contributed by atoms with E-state index in [1.54, 1.807) is 11.9 Å². The van der Waals surface area contributed by atoms with Crippen LogP contribution in [0.25, 0.3) is 0 Å². The van der Waals surface area contributed by atoms with E-state index in [1.807, 2.05) is 69.9 Å². The molecule has 1 aromatic rings. The predicted octanol–water partition coefficient (Wildman–Crippen LogP) is 3.14. The first kappa shape index (κ1) is 27.1. The number of carbonyl (C=O) groups excluding carboxylic acids is 4. The third-order valence-electron chi connectivity index (χ3n) is 8.15. The van der Waals surface area contributed by atoms with Gasteiger partial charge in [-0.25, -0.2) is 0 Å². The van der Waals surface area contributed by atoms with Gasteiger partial charge in [-0.15, -0.1) is 0 Å². The van der Waals surface area contributed by atoms with Crippen LogP contribution >= 0.6 is 0 Å². The SMILES string of the molecule is CC(C)CC(=O)N1CC2C[C@@H]3C(=O)N(C)[C@]2(C(=O)NCc2ccccc2)[C@@H]1[C@@H]3CCC(=O)OC(C)(C)C. The van der Waals surface area contributed by atoms with Gasteiger partial charge in [0.15, 0.2) is 0 Å². The Labute approximate surface area is 220 Å². The van der Waals surface area contributed by atoms with Crippen molar-refractivity contribution in [1.29, 1.82) is 0 Å². The number of rotatable bonds is 8. The summed E-state index contributed by atoms with van der Waals surface area (Å²) in [7, 11) is 1.71. The van der Waals surface area contributed by atoms with Crippen molar-refractivity contribution in [3.05, 3.63) is 35.9 Å². The van der Waals surface area contributed by atoms with Crippen LogP contribution in [0.1, 0.15) is 65.9 Å². The highest BCUT2D eigenvalue weighted by Crippen LogP contribution is 2.57. The Morgan fingerprint density at radius 1 is 1.16 bits per heavy atom. The fourth-order valence-corrected chi connectivity index (χ4v) is 6.82. The largest absolute Gasteiger partial charge is 0.460 e. The van der Waals surface area contributed by atoms with Gasteiger partial charge < -0.3 is 19.9 Å². The summed E-state index contributed by atoms with van der Waals surface area (Å²) < 4.78 is 5.53. The van der Waals surface area contributed by atoms with Crippen LogP contribution in [0.3, 0.4) is 0 Å². The average Bonchev–Trinajstić information content (AvgIpc) is 3.07. The third-order valence-corrected chi connectivity index (χ3v) is 8.15. The predicted molar refractivity (Wildman–Crippen MR) is 139 cm³/mol. The second-order valence-corrected chi connectivity index (χ2v) is 12.3. The smallest absolute Gasteiger partial charge is 0.306 e. The van der Waals surface area contributed by atoms with Crippen LogP contribution in [-0.2, 0) is 30.5 Å². The summed E-state index contributed by atoms with van der Waals surface area (Å²) in [5.74, 6) is -1.18. The summed E-state index contributed by atoms with van der Waals surface area (Å²) in [6.45, 7) is 10.3. The summed E-state index contributed by atoms with van der Waals surface area (Å²) in [6, 6.07) is 9.19. The standard InChI is InChI=1S/C29H41N3O5/c1-18(2)14-23(33)32-17-20-15-22-21(12-13-24(34)37-28(3,4)5)25(32)29(20,31(6)26(22)35)27(36)30-16-19-10-8-7-9-11-19/h7-11,18,20-22,25H,12-17H2,1-6H3,(H,30,36)/t20?,21-,22+,25+,29+/m1/s1. The van der Waals surface area contributed by atoms with Gasteiger partial charge in [-0.1, -0.05) is 44.2 Å². The van der Waals surface area contributed by atoms with E-state index < -0.39 is 17.2 Å². The molecule has 1 aliphatic carbocycles. The first-order valence-electron chi connectivity index (χ1n) is 13.5. The van der Waals surface area contributed by atoms with Crippen molar-refractivity contribution >= 4 is 23.7 Å². The fraction of sp³-hybridized carbons (Fsp3) is 0.655. The fourth-order valence-electron chi connectivity index (χ4n) is 6.82. The van der Waals surface area contributed by atoms with Gasteiger partial charge >= 0.3 is 5.97 Å². The minimum Gasteiger partial charge on any atom is -0.460 e. The molecule has 4 bridgehead atoms. The van der Waals surface area contributed by atoms with E-state index in [9.17, 15) is 19.2 Å². The van der Waals surface area contributed by atoms with Gasteiger partial charge in [0.05, 0.1) is 6.04 Å². The number of carbonyl (C=O) groups is 4. The van der Waals surface area contributed by atoms with Crippen molar-refractivity contribution in [2.45, 2.75) is 84.0 Å². The quantitative estimate of drug-likeness (QED) is 0.541. The summed E-state index contributed by atoms with van der Waals surface area (Å²) in [6.07, 6.45) is 1.47. The summed E-state index contributed by atoms with van der Waals surface area (Å²) in [4.78, 5) is 57.2. The normalized spacial score (nSPS) is 28.6. The molecular weight excluding hydrogens is 470 g/mol.